The van der Waals surface area contributed by atoms with E-state index in [1.807, 2.05) is 0 Å². The molecule has 0 saturated carbocycles. The molecule has 346 valence electrons. The summed E-state index contributed by atoms with van der Waals surface area (Å²) in [7, 11) is 0. The van der Waals surface area contributed by atoms with Crippen LogP contribution in [-0.4, -0.2) is 110 Å². The largest absolute Gasteiger partial charge is 0.394 e. The zero-order valence-electron chi connectivity index (χ0n) is 37.2. The maximum atomic E-state index is 13.1. The van der Waals surface area contributed by atoms with Crippen molar-refractivity contribution in [3.05, 3.63) is 36.5 Å². The van der Waals surface area contributed by atoms with Gasteiger partial charge in [0, 0.05) is 0 Å². The molecule has 1 rings (SSSR count). The van der Waals surface area contributed by atoms with Crippen LogP contribution in [0.4, 0.5) is 0 Å². The third kappa shape index (κ3) is 27.8. The number of unbranched alkanes of at least 4 members (excludes halogenated alkanes) is 21. The fourth-order valence-electron chi connectivity index (χ4n) is 7.40. The van der Waals surface area contributed by atoms with E-state index < -0.39 is 74.2 Å². The molecule has 1 amide bonds. The first-order valence-electron chi connectivity index (χ1n) is 23.9. The molecular formula is C48H89NO10. The van der Waals surface area contributed by atoms with Gasteiger partial charge in [-0.2, -0.15) is 0 Å². The number of aliphatic hydroxyl groups excluding tert-OH is 7. The number of amides is 1. The van der Waals surface area contributed by atoms with E-state index in [1.54, 1.807) is 0 Å². The standard InChI is InChI=1S/C48H89NO10/c1-3-5-7-9-11-13-15-17-19-20-22-24-26-28-30-32-34-36-41(52)47(57)49-39(38-58-48-46(56)45(55)44(54)42(37-50)59-48)43(53)40(51)35-33-31-29-27-25-23-21-18-16-14-12-10-8-6-4-2/h10,12,18,21,27,29,39-46,48,50-56H,3-9,11,13-17,19-20,22-26,28,30-38H2,1-2H3,(H,49,57)/b12-10+,21-18+,29-27+. The molecule has 11 nitrogen and oxygen atoms in total. The van der Waals surface area contributed by atoms with Gasteiger partial charge < -0.3 is 50.5 Å². The molecule has 9 unspecified atom stereocenters. The maximum absolute atomic E-state index is 13.1. The average Bonchev–Trinajstić information content (AvgIpc) is 3.23. The third-order valence-corrected chi connectivity index (χ3v) is 11.4. The number of ether oxygens (including phenoxy) is 2. The van der Waals surface area contributed by atoms with Crippen LogP contribution in [0.2, 0.25) is 0 Å². The molecule has 1 aliphatic rings. The van der Waals surface area contributed by atoms with Crippen molar-refractivity contribution in [2.75, 3.05) is 13.2 Å². The fourth-order valence-corrected chi connectivity index (χ4v) is 7.40. The summed E-state index contributed by atoms with van der Waals surface area (Å²) < 4.78 is 11.1. The number of nitrogens with one attached hydrogen (secondary N) is 1. The van der Waals surface area contributed by atoms with Crippen LogP contribution in [0.3, 0.4) is 0 Å². The minimum atomic E-state index is -1.67. The van der Waals surface area contributed by atoms with Crippen LogP contribution in [0, 0.1) is 0 Å². The normalized spacial score (nSPS) is 22.1. The minimum absolute atomic E-state index is 0.241. The van der Waals surface area contributed by atoms with Gasteiger partial charge in [0.05, 0.1) is 25.4 Å². The Bertz CT molecular complexity index is 1050. The van der Waals surface area contributed by atoms with Crippen molar-refractivity contribution in [3.63, 3.8) is 0 Å². The highest BCUT2D eigenvalue weighted by atomic mass is 16.7. The van der Waals surface area contributed by atoms with Crippen molar-refractivity contribution in [1.29, 1.82) is 0 Å². The van der Waals surface area contributed by atoms with E-state index in [4.69, 9.17) is 9.47 Å². The molecule has 0 aliphatic carbocycles. The van der Waals surface area contributed by atoms with Gasteiger partial charge in [-0.1, -0.05) is 172 Å². The first-order valence-corrected chi connectivity index (χ1v) is 23.9. The smallest absolute Gasteiger partial charge is 0.249 e. The van der Waals surface area contributed by atoms with Crippen LogP contribution in [0.25, 0.3) is 0 Å². The fraction of sp³-hybridized carbons (Fsp3) is 0.854. The summed E-state index contributed by atoms with van der Waals surface area (Å²) in [6.07, 6.45) is 31.9. The van der Waals surface area contributed by atoms with Gasteiger partial charge in [-0.3, -0.25) is 4.79 Å². The Hall–Kier alpha value is -1.67. The first-order chi connectivity index (χ1) is 28.7. The Labute approximate surface area is 358 Å². The van der Waals surface area contributed by atoms with Crippen LogP contribution in [0.5, 0.6) is 0 Å². The highest BCUT2D eigenvalue weighted by Crippen LogP contribution is 2.23. The summed E-state index contributed by atoms with van der Waals surface area (Å²) in [6.45, 7) is 3.38. The zero-order chi connectivity index (χ0) is 43.4. The Kier molecular flexibility index (Phi) is 35.7. The molecule has 11 heteroatoms. The average molecular weight is 840 g/mol. The van der Waals surface area contributed by atoms with E-state index in [0.717, 1.165) is 51.4 Å². The SMILES string of the molecule is CCCC/C=C/CC/C=C/CC/C=C/CCCC(O)C(O)C(COC1OC(CO)C(O)C(O)C1O)NC(=O)C(O)CCCCCCCCCCCCCCCCCCC. The second kappa shape index (κ2) is 38.0. The minimum Gasteiger partial charge on any atom is -0.394 e. The molecule has 1 fully saturated rings. The van der Waals surface area contributed by atoms with Crippen molar-refractivity contribution in [2.24, 2.45) is 0 Å². The highest BCUT2D eigenvalue weighted by molar-refractivity contribution is 5.80. The predicted molar refractivity (Wildman–Crippen MR) is 238 cm³/mol. The van der Waals surface area contributed by atoms with Crippen LogP contribution in [0.1, 0.15) is 194 Å². The van der Waals surface area contributed by atoms with Crippen molar-refractivity contribution in [3.8, 4) is 0 Å². The number of carbonyl (C=O) groups is 1. The first kappa shape index (κ1) is 55.3. The molecule has 9 atom stereocenters. The molecule has 0 radical (unpaired) electrons. The van der Waals surface area contributed by atoms with Gasteiger partial charge in [-0.25, -0.2) is 0 Å². The van der Waals surface area contributed by atoms with Gasteiger partial charge in [-0.05, 0) is 57.8 Å². The van der Waals surface area contributed by atoms with Crippen molar-refractivity contribution < 1.29 is 50.0 Å². The molecule has 0 aromatic carbocycles. The van der Waals surface area contributed by atoms with E-state index in [-0.39, 0.29) is 12.8 Å². The Balaban J connectivity index is 2.47. The van der Waals surface area contributed by atoms with Crippen LogP contribution in [-0.2, 0) is 14.3 Å². The van der Waals surface area contributed by atoms with Gasteiger partial charge in [0.1, 0.15) is 36.6 Å². The highest BCUT2D eigenvalue weighted by Gasteiger charge is 2.44. The second-order valence-corrected chi connectivity index (χ2v) is 16.8. The molecule has 8 N–H and O–H groups in total. The monoisotopic (exact) mass is 840 g/mol. The van der Waals surface area contributed by atoms with Crippen LogP contribution >= 0.6 is 0 Å². The number of rotatable bonds is 39. The van der Waals surface area contributed by atoms with Gasteiger partial charge >= 0.3 is 0 Å². The summed E-state index contributed by atoms with van der Waals surface area (Å²) in [5, 5.41) is 75.7. The summed E-state index contributed by atoms with van der Waals surface area (Å²) in [4.78, 5) is 13.1. The number of hydrogen-bond acceptors (Lipinski definition) is 10. The Morgan fingerprint density at radius 3 is 1.49 bits per heavy atom. The number of allylic oxidation sites excluding steroid dienone is 6. The number of aliphatic hydroxyl groups is 7. The van der Waals surface area contributed by atoms with E-state index in [0.29, 0.717) is 19.3 Å². The van der Waals surface area contributed by atoms with Gasteiger partial charge in [0.15, 0.2) is 6.29 Å². The molecular weight excluding hydrogens is 751 g/mol. The topological polar surface area (TPSA) is 189 Å². The Morgan fingerprint density at radius 2 is 1.02 bits per heavy atom. The lowest BCUT2D eigenvalue weighted by molar-refractivity contribution is -0.303. The van der Waals surface area contributed by atoms with Crippen LogP contribution in [0.15, 0.2) is 36.5 Å². The molecule has 0 aromatic rings. The predicted octanol–water partition coefficient (Wildman–Crippen LogP) is 8.00. The van der Waals surface area contributed by atoms with E-state index in [2.05, 4.69) is 55.6 Å². The maximum Gasteiger partial charge on any atom is 0.249 e. The van der Waals surface area contributed by atoms with E-state index in [1.165, 1.54) is 96.3 Å². The molecule has 1 aliphatic heterocycles. The quantitative estimate of drug-likeness (QED) is 0.0223. The van der Waals surface area contributed by atoms with Gasteiger partial charge in [-0.15, -0.1) is 0 Å². The lowest BCUT2D eigenvalue weighted by atomic mass is 9.98. The second-order valence-electron chi connectivity index (χ2n) is 16.8. The van der Waals surface area contributed by atoms with Gasteiger partial charge in [0.2, 0.25) is 5.91 Å². The molecule has 0 bridgehead atoms. The van der Waals surface area contributed by atoms with Gasteiger partial charge in [0.25, 0.3) is 0 Å². The van der Waals surface area contributed by atoms with E-state index >= 15 is 0 Å². The third-order valence-electron chi connectivity index (χ3n) is 11.4. The van der Waals surface area contributed by atoms with Crippen LogP contribution < -0.4 is 5.32 Å². The molecule has 1 saturated heterocycles. The summed E-state index contributed by atoms with van der Waals surface area (Å²) in [5.74, 6) is -0.712. The Morgan fingerprint density at radius 1 is 0.576 bits per heavy atom. The lowest BCUT2D eigenvalue weighted by Crippen LogP contribution is -2.60. The van der Waals surface area contributed by atoms with Crippen molar-refractivity contribution in [1.82, 2.24) is 5.32 Å². The number of hydrogen-bond donors (Lipinski definition) is 8. The zero-order valence-corrected chi connectivity index (χ0v) is 37.2. The summed E-state index contributed by atoms with van der Waals surface area (Å²) in [6, 6.07) is -1.19. The van der Waals surface area contributed by atoms with Crippen molar-refractivity contribution >= 4 is 5.91 Å². The molecule has 0 spiro atoms. The molecule has 1 heterocycles. The lowest BCUT2D eigenvalue weighted by Gasteiger charge is -2.40. The number of carbonyl (C=O) groups excluding carboxylic acids is 1. The summed E-state index contributed by atoms with van der Waals surface area (Å²) in [5.41, 5.74) is 0. The summed E-state index contributed by atoms with van der Waals surface area (Å²) >= 11 is 0. The van der Waals surface area contributed by atoms with E-state index in [9.17, 15) is 40.5 Å². The molecule has 59 heavy (non-hydrogen) atoms. The van der Waals surface area contributed by atoms with Crippen molar-refractivity contribution in [2.45, 2.75) is 249 Å². The molecule has 0 aromatic heterocycles.